The summed E-state index contributed by atoms with van der Waals surface area (Å²) >= 11 is 11.1. The number of rotatable bonds is 6. The Morgan fingerprint density at radius 1 is 1.15 bits per heavy atom. The molecule has 2 amide bonds. The highest BCUT2D eigenvalue weighted by Crippen LogP contribution is 2.20. The molecule has 2 aromatic carbocycles. The quantitative estimate of drug-likeness (QED) is 0.552. The van der Waals surface area contributed by atoms with Crippen LogP contribution in [0.2, 0.25) is 5.02 Å². The Labute approximate surface area is 165 Å². The summed E-state index contributed by atoms with van der Waals surface area (Å²) in [5.41, 5.74) is 7.34. The molecule has 0 saturated heterocycles. The van der Waals surface area contributed by atoms with Crippen LogP contribution in [0, 0.1) is 4.77 Å². The number of nitrogens with zero attached hydrogens (tertiary/aromatic N) is 2. The Morgan fingerprint density at radius 2 is 1.81 bits per heavy atom. The third-order valence-corrected chi connectivity index (χ3v) is 4.34. The highest BCUT2D eigenvalue weighted by molar-refractivity contribution is 7.71. The smallest absolute Gasteiger partial charge is 0.244 e. The standard InChI is InChI=1S/C18H16ClN5O2S/c19-13-5-3-12(4-6-13)17-22-23-18(27)24(17)10-16(26)21-14-7-1-11(2-8-14)9-15(20)25/h1-8H,9-10H2,(H2,20,25)(H,21,26)(H,23,27). The molecule has 0 bridgehead atoms. The fourth-order valence-electron chi connectivity index (χ4n) is 2.53. The first-order valence-corrected chi connectivity index (χ1v) is 8.79. The minimum atomic E-state index is -0.407. The second kappa shape index (κ2) is 8.15. The number of anilines is 1. The van der Waals surface area contributed by atoms with Crippen molar-refractivity contribution in [2.75, 3.05) is 5.32 Å². The Bertz CT molecular complexity index is 1030. The van der Waals surface area contributed by atoms with E-state index in [1.807, 2.05) is 0 Å². The zero-order valence-corrected chi connectivity index (χ0v) is 15.7. The summed E-state index contributed by atoms with van der Waals surface area (Å²) in [6.45, 7) is -0.00364. The van der Waals surface area contributed by atoms with E-state index in [4.69, 9.17) is 29.6 Å². The Morgan fingerprint density at radius 3 is 2.44 bits per heavy atom. The van der Waals surface area contributed by atoms with E-state index in [0.29, 0.717) is 21.3 Å². The first-order chi connectivity index (χ1) is 12.9. The van der Waals surface area contributed by atoms with Gasteiger partial charge in [-0.2, -0.15) is 5.10 Å². The summed E-state index contributed by atoms with van der Waals surface area (Å²) in [6.07, 6.45) is 0.156. The molecule has 9 heteroatoms. The van der Waals surface area contributed by atoms with Gasteiger partial charge >= 0.3 is 0 Å². The van der Waals surface area contributed by atoms with Gasteiger partial charge < -0.3 is 11.1 Å². The van der Waals surface area contributed by atoms with Gasteiger partial charge in [0.05, 0.1) is 6.42 Å². The van der Waals surface area contributed by atoms with Gasteiger partial charge in [0.25, 0.3) is 0 Å². The summed E-state index contributed by atoms with van der Waals surface area (Å²) in [4.78, 5) is 23.3. The summed E-state index contributed by atoms with van der Waals surface area (Å²) < 4.78 is 1.95. The minimum Gasteiger partial charge on any atom is -0.369 e. The number of H-pyrrole nitrogens is 1. The minimum absolute atomic E-state index is 0.00364. The van der Waals surface area contributed by atoms with Crippen molar-refractivity contribution in [3.8, 4) is 11.4 Å². The van der Waals surface area contributed by atoms with Crippen molar-refractivity contribution >= 4 is 41.3 Å². The molecule has 7 nitrogen and oxygen atoms in total. The largest absolute Gasteiger partial charge is 0.369 e. The summed E-state index contributed by atoms with van der Waals surface area (Å²) in [7, 11) is 0. The number of aromatic nitrogens is 3. The number of hydrogen-bond acceptors (Lipinski definition) is 4. The van der Waals surface area contributed by atoms with Gasteiger partial charge in [-0.1, -0.05) is 23.7 Å². The molecule has 0 spiro atoms. The number of primary amides is 1. The number of nitrogens with two attached hydrogens (primary N) is 1. The first-order valence-electron chi connectivity index (χ1n) is 8.00. The van der Waals surface area contributed by atoms with Crippen LogP contribution in [-0.4, -0.2) is 26.6 Å². The van der Waals surface area contributed by atoms with E-state index in [-0.39, 0.29) is 18.9 Å². The molecule has 1 heterocycles. The molecule has 3 aromatic rings. The van der Waals surface area contributed by atoms with Crippen LogP contribution in [0.5, 0.6) is 0 Å². The lowest BCUT2D eigenvalue weighted by Gasteiger charge is -2.09. The Hall–Kier alpha value is -2.97. The van der Waals surface area contributed by atoms with E-state index < -0.39 is 5.91 Å². The molecule has 0 saturated carbocycles. The number of nitrogens with one attached hydrogen (secondary N) is 2. The van der Waals surface area contributed by atoms with E-state index in [9.17, 15) is 9.59 Å². The van der Waals surface area contributed by atoms with Crippen molar-refractivity contribution in [1.82, 2.24) is 14.8 Å². The van der Waals surface area contributed by atoms with Gasteiger partial charge in [0.15, 0.2) is 10.6 Å². The number of benzene rings is 2. The number of carbonyl (C=O) groups is 2. The predicted molar refractivity (Wildman–Crippen MR) is 106 cm³/mol. The lowest BCUT2D eigenvalue weighted by Crippen LogP contribution is -2.19. The van der Waals surface area contributed by atoms with Crippen LogP contribution >= 0.6 is 23.8 Å². The van der Waals surface area contributed by atoms with Crippen molar-refractivity contribution in [2.24, 2.45) is 5.73 Å². The molecule has 27 heavy (non-hydrogen) atoms. The molecule has 4 N–H and O–H groups in total. The van der Waals surface area contributed by atoms with Crippen molar-refractivity contribution in [3.05, 3.63) is 63.9 Å². The Balaban J connectivity index is 1.73. The van der Waals surface area contributed by atoms with E-state index in [0.717, 1.165) is 11.1 Å². The maximum atomic E-state index is 12.4. The van der Waals surface area contributed by atoms with Crippen LogP contribution in [0.1, 0.15) is 5.56 Å². The zero-order chi connectivity index (χ0) is 19.4. The molecule has 0 unspecified atom stereocenters. The SMILES string of the molecule is NC(=O)Cc1ccc(NC(=O)Cn2c(-c3ccc(Cl)cc3)n[nH]c2=S)cc1. The van der Waals surface area contributed by atoms with Crippen molar-refractivity contribution in [1.29, 1.82) is 0 Å². The van der Waals surface area contributed by atoms with E-state index >= 15 is 0 Å². The predicted octanol–water partition coefficient (Wildman–Crippen LogP) is 2.93. The van der Waals surface area contributed by atoms with Crippen LogP contribution in [0.25, 0.3) is 11.4 Å². The number of amides is 2. The molecular formula is C18H16ClN5O2S. The van der Waals surface area contributed by atoms with Crippen LogP contribution < -0.4 is 11.1 Å². The van der Waals surface area contributed by atoms with Crippen LogP contribution in [0.4, 0.5) is 5.69 Å². The molecule has 3 rings (SSSR count). The second-order valence-corrected chi connectivity index (χ2v) is 6.66. The number of halogens is 1. The van der Waals surface area contributed by atoms with Gasteiger partial charge in [0.1, 0.15) is 6.54 Å². The molecule has 0 aliphatic heterocycles. The first kappa shape index (κ1) is 18.8. The summed E-state index contributed by atoms with van der Waals surface area (Å²) in [5, 5.41) is 10.3. The molecule has 0 aliphatic rings. The molecule has 0 fully saturated rings. The van der Waals surface area contributed by atoms with Crippen LogP contribution in [-0.2, 0) is 22.6 Å². The van der Waals surface area contributed by atoms with E-state index in [2.05, 4.69) is 15.5 Å². The third kappa shape index (κ3) is 4.81. The van der Waals surface area contributed by atoms with Crippen LogP contribution in [0.3, 0.4) is 0 Å². The number of carbonyl (C=O) groups excluding carboxylic acids is 2. The van der Waals surface area contributed by atoms with Gasteiger partial charge in [-0.25, -0.2) is 0 Å². The van der Waals surface area contributed by atoms with Gasteiger partial charge in [-0.05, 0) is 54.2 Å². The fraction of sp³-hybridized carbons (Fsp3) is 0.111. The molecule has 1 aromatic heterocycles. The maximum absolute atomic E-state index is 12.4. The number of aromatic amines is 1. The molecule has 0 radical (unpaired) electrons. The average Bonchev–Trinajstić information content (AvgIpc) is 2.97. The normalized spacial score (nSPS) is 10.6. The van der Waals surface area contributed by atoms with Gasteiger partial charge in [0.2, 0.25) is 11.8 Å². The zero-order valence-electron chi connectivity index (χ0n) is 14.1. The molecule has 138 valence electrons. The summed E-state index contributed by atoms with van der Waals surface area (Å²) in [6, 6.07) is 14.0. The lowest BCUT2D eigenvalue weighted by atomic mass is 10.1. The van der Waals surface area contributed by atoms with Crippen molar-refractivity contribution in [2.45, 2.75) is 13.0 Å². The second-order valence-electron chi connectivity index (χ2n) is 5.83. The van der Waals surface area contributed by atoms with Crippen molar-refractivity contribution in [3.63, 3.8) is 0 Å². The van der Waals surface area contributed by atoms with Gasteiger partial charge in [-0.15, -0.1) is 0 Å². The average molecular weight is 402 g/mol. The van der Waals surface area contributed by atoms with E-state index in [1.54, 1.807) is 53.1 Å². The summed E-state index contributed by atoms with van der Waals surface area (Å²) in [5.74, 6) is -0.121. The van der Waals surface area contributed by atoms with Crippen molar-refractivity contribution < 1.29 is 9.59 Å². The molecule has 0 atom stereocenters. The highest BCUT2D eigenvalue weighted by Gasteiger charge is 2.13. The monoisotopic (exact) mass is 401 g/mol. The molecular weight excluding hydrogens is 386 g/mol. The maximum Gasteiger partial charge on any atom is 0.244 e. The van der Waals surface area contributed by atoms with Gasteiger partial charge in [0, 0.05) is 16.3 Å². The van der Waals surface area contributed by atoms with Crippen LogP contribution in [0.15, 0.2) is 48.5 Å². The Kier molecular flexibility index (Phi) is 5.68. The lowest BCUT2D eigenvalue weighted by molar-refractivity contribution is -0.118. The fourth-order valence-corrected chi connectivity index (χ4v) is 2.86. The van der Waals surface area contributed by atoms with Gasteiger partial charge in [-0.3, -0.25) is 19.3 Å². The topological polar surface area (TPSA) is 106 Å². The third-order valence-electron chi connectivity index (χ3n) is 3.78. The van der Waals surface area contributed by atoms with E-state index in [1.165, 1.54) is 0 Å². The number of hydrogen-bond donors (Lipinski definition) is 3. The highest BCUT2D eigenvalue weighted by atomic mass is 35.5. The molecule has 0 aliphatic carbocycles.